The zero-order chi connectivity index (χ0) is 17.1. The van der Waals surface area contributed by atoms with Crippen LogP contribution in [0.4, 0.5) is 4.39 Å². The van der Waals surface area contributed by atoms with Gasteiger partial charge in [0, 0.05) is 30.3 Å². The van der Waals surface area contributed by atoms with Gasteiger partial charge in [-0.15, -0.1) is 0 Å². The number of nitrogens with zero attached hydrogens (tertiary/aromatic N) is 1. The zero-order valence-electron chi connectivity index (χ0n) is 13.0. The third-order valence-electron chi connectivity index (χ3n) is 3.65. The molecule has 0 N–H and O–H groups in total. The number of benzene rings is 2. The van der Waals surface area contributed by atoms with Gasteiger partial charge >= 0.3 is 0 Å². The number of hydrogen-bond donors (Lipinski definition) is 0. The normalized spacial score (nSPS) is 12.6. The highest BCUT2D eigenvalue weighted by Crippen LogP contribution is 2.32. The summed E-state index contributed by atoms with van der Waals surface area (Å²) in [7, 11) is 1.59. The molecule has 0 spiro atoms. The topological polar surface area (TPSA) is 38.8 Å². The number of carbonyl (C=O) groups is 1. The summed E-state index contributed by atoms with van der Waals surface area (Å²) >= 11 is 5.98. The van der Waals surface area contributed by atoms with Gasteiger partial charge in [0.05, 0.1) is 0 Å². The molecule has 0 fully saturated rings. The molecule has 124 valence electrons. The first-order chi connectivity index (χ1) is 11.5. The Morgan fingerprint density at radius 1 is 1.29 bits per heavy atom. The van der Waals surface area contributed by atoms with E-state index in [-0.39, 0.29) is 19.2 Å². The second kappa shape index (κ2) is 6.93. The van der Waals surface area contributed by atoms with Crippen LogP contribution < -0.4 is 9.47 Å². The van der Waals surface area contributed by atoms with Crippen molar-refractivity contribution in [3.8, 4) is 11.5 Å². The maximum atomic E-state index is 13.8. The van der Waals surface area contributed by atoms with Crippen molar-refractivity contribution in [3.63, 3.8) is 0 Å². The van der Waals surface area contributed by atoms with Gasteiger partial charge in [-0.05, 0) is 35.9 Å². The summed E-state index contributed by atoms with van der Waals surface area (Å²) in [6.45, 7) is 0.295. The van der Waals surface area contributed by atoms with Gasteiger partial charge in [0.25, 0.3) is 0 Å². The van der Waals surface area contributed by atoms with Gasteiger partial charge in [-0.1, -0.05) is 23.7 Å². The van der Waals surface area contributed by atoms with Gasteiger partial charge < -0.3 is 14.4 Å². The van der Waals surface area contributed by atoms with Crippen LogP contribution in [-0.2, 0) is 11.3 Å². The Bertz CT molecular complexity index is 787. The number of likely N-dealkylation sites (N-methyl/N-ethyl adjacent to an activating group) is 1. The Kier molecular flexibility index (Phi) is 4.71. The Hall–Kier alpha value is -2.53. The molecule has 1 aliphatic rings. The first kappa shape index (κ1) is 16.3. The second-order valence-corrected chi connectivity index (χ2v) is 5.75. The van der Waals surface area contributed by atoms with Crippen LogP contribution in [0.5, 0.6) is 11.5 Å². The summed E-state index contributed by atoms with van der Waals surface area (Å²) in [4.78, 5) is 13.6. The average molecular weight is 348 g/mol. The van der Waals surface area contributed by atoms with E-state index in [9.17, 15) is 9.18 Å². The van der Waals surface area contributed by atoms with Crippen molar-refractivity contribution < 1.29 is 18.7 Å². The highest BCUT2D eigenvalue weighted by Gasteiger charge is 2.14. The van der Waals surface area contributed by atoms with E-state index >= 15 is 0 Å². The molecular weight excluding hydrogens is 333 g/mol. The summed E-state index contributed by atoms with van der Waals surface area (Å²) in [5.41, 5.74) is 1.11. The quantitative estimate of drug-likeness (QED) is 0.788. The molecule has 6 heteroatoms. The highest BCUT2D eigenvalue weighted by molar-refractivity contribution is 6.31. The summed E-state index contributed by atoms with van der Waals surface area (Å²) in [5, 5.41) is 0.300. The van der Waals surface area contributed by atoms with Gasteiger partial charge in [-0.2, -0.15) is 0 Å². The fraction of sp³-hybridized carbons (Fsp3) is 0.167. The van der Waals surface area contributed by atoms with E-state index in [4.69, 9.17) is 21.1 Å². The largest absolute Gasteiger partial charge is 0.454 e. The van der Waals surface area contributed by atoms with Crippen molar-refractivity contribution in [1.29, 1.82) is 0 Å². The number of carbonyl (C=O) groups excluding carboxylic acids is 1. The minimum atomic E-state index is -0.429. The van der Waals surface area contributed by atoms with Crippen LogP contribution in [0.25, 0.3) is 6.08 Å². The lowest BCUT2D eigenvalue weighted by Crippen LogP contribution is -2.24. The second-order valence-electron chi connectivity index (χ2n) is 5.34. The Balaban J connectivity index is 1.68. The van der Waals surface area contributed by atoms with Gasteiger partial charge in [0.2, 0.25) is 12.7 Å². The zero-order valence-corrected chi connectivity index (χ0v) is 13.7. The van der Waals surface area contributed by atoms with Crippen molar-refractivity contribution in [2.75, 3.05) is 13.8 Å². The van der Waals surface area contributed by atoms with Gasteiger partial charge in [-0.25, -0.2) is 4.39 Å². The van der Waals surface area contributed by atoms with Crippen molar-refractivity contribution in [2.45, 2.75) is 6.54 Å². The first-order valence-electron chi connectivity index (χ1n) is 7.30. The molecule has 0 saturated heterocycles. The summed E-state index contributed by atoms with van der Waals surface area (Å²) in [6.07, 6.45) is 3.09. The smallest absolute Gasteiger partial charge is 0.246 e. The molecule has 0 radical (unpaired) electrons. The molecule has 0 aromatic heterocycles. The van der Waals surface area contributed by atoms with E-state index in [2.05, 4.69) is 0 Å². The molecular formula is C18H15ClFNO3. The molecule has 0 aliphatic carbocycles. The van der Waals surface area contributed by atoms with Crippen molar-refractivity contribution >= 4 is 23.6 Å². The fourth-order valence-electron chi connectivity index (χ4n) is 2.31. The van der Waals surface area contributed by atoms with Gasteiger partial charge in [0.15, 0.2) is 11.5 Å². The summed E-state index contributed by atoms with van der Waals surface area (Å²) < 4.78 is 24.3. The van der Waals surface area contributed by atoms with E-state index in [0.717, 1.165) is 5.56 Å². The standard InChI is InChI=1S/C18H15ClFNO3/c1-21(10-13-14(19)3-2-4-15(13)20)18(22)8-6-12-5-7-16-17(9-12)24-11-23-16/h2-9H,10-11H2,1H3. The molecule has 0 unspecified atom stereocenters. The van der Waals surface area contributed by atoms with Crippen molar-refractivity contribution in [1.82, 2.24) is 4.90 Å². The molecule has 1 heterocycles. The predicted octanol–water partition coefficient (Wildman–Crippen LogP) is 3.88. The molecule has 1 amide bonds. The maximum absolute atomic E-state index is 13.8. The maximum Gasteiger partial charge on any atom is 0.246 e. The summed E-state index contributed by atoms with van der Waals surface area (Å²) in [5.74, 6) is 0.648. The lowest BCUT2D eigenvalue weighted by Gasteiger charge is -2.16. The third-order valence-corrected chi connectivity index (χ3v) is 4.00. The van der Waals surface area contributed by atoms with E-state index < -0.39 is 5.82 Å². The van der Waals surface area contributed by atoms with E-state index in [1.54, 1.807) is 31.3 Å². The lowest BCUT2D eigenvalue weighted by atomic mass is 10.1. The Morgan fingerprint density at radius 3 is 2.88 bits per heavy atom. The van der Waals surface area contributed by atoms with Crippen molar-refractivity contribution in [3.05, 3.63) is 64.4 Å². The third kappa shape index (κ3) is 3.51. The van der Waals surface area contributed by atoms with Crippen LogP contribution in [0, 0.1) is 5.82 Å². The van der Waals surface area contributed by atoms with Crippen LogP contribution in [0.15, 0.2) is 42.5 Å². The van der Waals surface area contributed by atoms with Crippen LogP contribution in [-0.4, -0.2) is 24.6 Å². The number of rotatable bonds is 4. The van der Waals surface area contributed by atoms with Crippen molar-refractivity contribution in [2.24, 2.45) is 0 Å². The molecule has 3 rings (SSSR count). The number of ether oxygens (including phenoxy) is 2. The molecule has 0 saturated carbocycles. The average Bonchev–Trinajstić information content (AvgIpc) is 3.03. The lowest BCUT2D eigenvalue weighted by molar-refractivity contribution is -0.125. The molecule has 4 nitrogen and oxygen atoms in total. The fourth-order valence-corrected chi connectivity index (χ4v) is 2.53. The molecule has 24 heavy (non-hydrogen) atoms. The van der Waals surface area contributed by atoms with Crippen LogP contribution in [0.2, 0.25) is 5.02 Å². The molecule has 2 aromatic rings. The molecule has 0 bridgehead atoms. The van der Waals surface area contributed by atoms with E-state index in [0.29, 0.717) is 22.1 Å². The first-order valence-corrected chi connectivity index (χ1v) is 7.68. The Labute approximate surface area is 144 Å². The molecule has 0 atom stereocenters. The molecule has 2 aromatic carbocycles. The number of amides is 1. The predicted molar refractivity (Wildman–Crippen MR) is 89.5 cm³/mol. The summed E-state index contributed by atoms with van der Waals surface area (Å²) in [6, 6.07) is 9.85. The van der Waals surface area contributed by atoms with Crippen LogP contribution in [0.3, 0.4) is 0 Å². The number of fused-ring (bicyclic) bond motifs is 1. The minimum absolute atomic E-state index is 0.0931. The van der Waals surface area contributed by atoms with Gasteiger partial charge in [0.1, 0.15) is 5.82 Å². The SMILES string of the molecule is CN(Cc1c(F)cccc1Cl)C(=O)C=Cc1ccc2c(c1)OCO2. The van der Waals surface area contributed by atoms with E-state index in [1.165, 1.54) is 23.1 Å². The molecule has 1 aliphatic heterocycles. The minimum Gasteiger partial charge on any atom is -0.454 e. The van der Waals surface area contributed by atoms with Crippen LogP contribution >= 0.6 is 11.6 Å². The van der Waals surface area contributed by atoms with E-state index in [1.807, 2.05) is 6.07 Å². The number of halogens is 2. The van der Waals surface area contributed by atoms with Crippen LogP contribution in [0.1, 0.15) is 11.1 Å². The highest BCUT2D eigenvalue weighted by atomic mass is 35.5. The Morgan fingerprint density at radius 2 is 2.08 bits per heavy atom. The van der Waals surface area contributed by atoms with Gasteiger partial charge in [-0.3, -0.25) is 4.79 Å². The monoisotopic (exact) mass is 347 g/mol. The number of hydrogen-bond acceptors (Lipinski definition) is 3.